The number of aliphatic hydroxyl groups is 1. The van der Waals surface area contributed by atoms with Gasteiger partial charge in [0, 0.05) is 18.4 Å². The Morgan fingerprint density at radius 1 is 1.45 bits per heavy atom. The van der Waals surface area contributed by atoms with Crippen LogP contribution in [0.15, 0.2) is 24.4 Å². The Kier molecular flexibility index (Phi) is 4.71. The molecule has 22 heavy (non-hydrogen) atoms. The van der Waals surface area contributed by atoms with Crippen molar-refractivity contribution in [1.29, 1.82) is 0 Å². The summed E-state index contributed by atoms with van der Waals surface area (Å²) in [5, 5.41) is 12.7. The van der Waals surface area contributed by atoms with Crippen molar-refractivity contribution in [3.05, 3.63) is 35.8 Å². The summed E-state index contributed by atoms with van der Waals surface area (Å²) in [5.74, 6) is 0. The van der Waals surface area contributed by atoms with E-state index in [1.54, 1.807) is 18.7 Å². The molecule has 0 spiro atoms. The molecule has 0 atom stereocenters. The first-order chi connectivity index (χ1) is 10.3. The van der Waals surface area contributed by atoms with Gasteiger partial charge in [-0.3, -0.25) is 0 Å². The lowest BCUT2D eigenvalue weighted by molar-refractivity contribution is 0.0479. The van der Waals surface area contributed by atoms with E-state index in [9.17, 15) is 9.90 Å². The molecular formula is C16H24N4O2. The van der Waals surface area contributed by atoms with Crippen molar-refractivity contribution in [1.82, 2.24) is 19.6 Å². The summed E-state index contributed by atoms with van der Waals surface area (Å²) in [4.78, 5) is 18.2. The van der Waals surface area contributed by atoms with Crippen LogP contribution >= 0.6 is 0 Å². The minimum atomic E-state index is -0.909. The number of carbonyl (C=O) groups excluding carboxylic acids is 1. The zero-order valence-corrected chi connectivity index (χ0v) is 13.6. The number of pyridine rings is 1. The van der Waals surface area contributed by atoms with Gasteiger partial charge in [0.25, 0.3) is 0 Å². The van der Waals surface area contributed by atoms with E-state index < -0.39 is 5.60 Å². The molecule has 0 aliphatic heterocycles. The molecule has 2 heterocycles. The summed E-state index contributed by atoms with van der Waals surface area (Å²) in [7, 11) is 0. The number of nitrogens with zero attached hydrogens (tertiary/aromatic N) is 3. The van der Waals surface area contributed by atoms with Crippen LogP contribution in [0, 0.1) is 6.92 Å². The maximum absolute atomic E-state index is 12.2. The Hall–Kier alpha value is -2.08. The topological polar surface area (TPSA) is 69.9 Å². The van der Waals surface area contributed by atoms with Gasteiger partial charge in [-0.05, 0) is 39.8 Å². The third-order valence-electron chi connectivity index (χ3n) is 3.41. The van der Waals surface area contributed by atoms with Crippen LogP contribution in [0.4, 0.5) is 4.79 Å². The van der Waals surface area contributed by atoms with E-state index in [2.05, 4.69) is 10.3 Å². The molecular weight excluding hydrogens is 280 g/mol. The molecule has 2 aromatic heterocycles. The average Bonchev–Trinajstić information content (AvgIpc) is 2.85. The van der Waals surface area contributed by atoms with Crippen molar-refractivity contribution in [2.24, 2.45) is 0 Å². The number of amides is 2. The van der Waals surface area contributed by atoms with Crippen molar-refractivity contribution in [3.8, 4) is 0 Å². The van der Waals surface area contributed by atoms with E-state index in [1.807, 2.05) is 42.6 Å². The average molecular weight is 304 g/mol. The van der Waals surface area contributed by atoms with Crippen LogP contribution in [0.1, 0.15) is 32.2 Å². The second kappa shape index (κ2) is 6.36. The first-order valence-electron chi connectivity index (χ1n) is 7.49. The third-order valence-corrected chi connectivity index (χ3v) is 3.41. The first-order valence-corrected chi connectivity index (χ1v) is 7.49. The highest BCUT2D eigenvalue weighted by Gasteiger charge is 2.21. The summed E-state index contributed by atoms with van der Waals surface area (Å²) in [5.41, 5.74) is 1.86. The number of likely N-dealkylation sites (N-methyl/N-ethyl adjacent to an activating group) is 1. The molecule has 2 aromatic rings. The number of urea groups is 1. The van der Waals surface area contributed by atoms with Gasteiger partial charge >= 0.3 is 6.03 Å². The van der Waals surface area contributed by atoms with Crippen molar-refractivity contribution in [3.63, 3.8) is 0 Å². The summed E-state index contributed by atoms with van der Waals surface area (Å²) in [6, 6.07) is 5.71. The molecule has 0 saturated carbocycles. The molecule has 2 N–H and O–H groups in total. The molecule has 0 aromatic carbocycles. The Balaban J connectivity index is 2.01. The summed E-state index contributed by atoms with van der Waals surface area (Å²) in [6.45, 7) is 8.47. The summed E-state index contributed by atoms with van der Waals surface area (Å²) >= 11 is 0. The zero-order valence-electron chi connectivity index (χ0n) is 13.6. The van der Waals surface area contributed by atoms with Crippen LogP contribution < -0.4 is 5.32 Å². The molecule has 0 saturated heterocycles. The Morgan fingerprint density at radius 2 is 2.18 bits per heavy atom. The lowest BCUT2D eigenvalue weighted by Gasteiger charge is -2.28. The normalized spacial score (nSPS) is 11.7. The largest absolute Gasteiger partial charge is 0.389 e. The van der Waals surface area contributed by atoms with Crippen LogP contribution in [0.5, 0.6) is 0 Å². The molecule has 6 heteroatoms. The summed E-state index contributed by atoms with van der Waals surface area (Å²) in [6.07, 6.45) is 1.93. The fraction of sp³-hybridized carbons (Fsp3) is 0.500. The van der Waals surface area contributed by atoms with E-state index >= 15 is 0 Å². The van der Waals surface area contributed by atoms with E-state index in [4.69, 9.17) is 0 Å². The van der Waals surface area contributed by atoms with Gasteiger partial charge in [0.2, 0.25) is 0 Å². The monoisotopic (exact) mass is 304 g/mol. The van der Waals surface area contributed by atoms with Gasteiger partial charge in [0.1, 0.15) is 5.65 Å². The number of carbonyl (C=O) groups is 1. The predicted molar refractivity (Wildman–Crippen MR) is 85.7 cm³/mol. The molecule has 0 bridgehead atoms. The number of imidazole rings is 1. The van der Waals surface area contributed by atoms with E-state index in [-0.39, 0.29) is 6.03 Å². The number of fused-ring (bicyclic) bond motifs is 1. The third kappa shape index (κ3) is 3.98. The van der Waals surface area contributed by atoms with E-state index in [0.717, 1.165) is 17.0 Å². The van der Waals surface area contributed by atoms with Crippen LogP contribution in [-0.4, -0.2) is 44.1 Å². The number of rotatable bonds is 5. The van der Waals surface area contributed by atoms with Crippen LogP contribution in [0.2, 0.25) is 0 Å². The number of hydrogen-bond donors (Lipinski definition) is 2. The van der Waals surface area contributed by atoms with Crippen molar-refractivity contribution in [2.45, 2.75) is 39.8 Å². The molecule has 0 aliphatic carbocycles. The highest BCUT2D eigenvalue weighted by molar-refractivity contribution is 5.74. The molecule has 6 nitrogen and oxygen atoms in total. The SMILES string of the molecule is CCN(CC(C)(C)O)C(=O)NCc1cn2c(C)cccc2n1. The second-order valence-corrected chi connectivity index (χ2v) is 6.11. The van der Waals surface area contributed by atoms with Crippen molar-refractivity contribution < 1.29 is 9.90 Å². The van der Waals surface area contributed by atoms with Gasteiger partial charge in [-0.2, -0.15) is 0 Å². The minimum Gasteiger partial charge on any atom is -0.389 e. The van der Waals surface area contributed by atoms with Gasteiger partial charge < -0.3 is 19.7 Å². The van der Waals surface area contributed by atoms with Crippen LogP contribution in [0.25, 0.3) is 5.65 Å². The highest BCUT2D eigenvalue weighted by atomic mass is 16.3. The molecule has 0 radical (unpaired) electrons. The number of aryl methyl sites for hydroxylation is 1. The highest BCUT2D eigenvalue weighted by Crippen LogP contribution is 2.09. The Bertz CT molecular complexity index is 658. The fourth-order valence-corrected chi connectivity index (χ4v) is 2.36. The summed E-state index contributed by atoms with van der Waals surface area (Å²) < 4.78 is 2.00. The maximum Gasteiger partial charge on any atom is 0.317 e. The quantitative estimate of drug-likeness (QED) is 0.887. The first kappa shape index (κ1) is 16.3. The molecule has 2 amide bonds. The van der Waals surface area contributed by atoms with Crippen molar-refractivity contribution in [2.75, 3.05) is 13.1 Å². The predicted octanol–water partition coefficient (Wildman–Crippen LogP) is 1.95. The molecule has 0 fully saturated rings. The van der Waals surface area contributed by atoms with Crippen LogP contribution in [-0.2, 0) is 6.54 Å². The van der Waals surface area contributed by atoms with Gasteiger partial charge in [-0.15, -0.1) is 0 Å². The lowest BCUT2D eigenvalue weighted by atomic mass is 10.1. The number of nitrogens with one attached hydrogen (secondary N) is 1. The smallest absolute Gasteiger partial charge is 0.317 e. The van der Waals surface area contributed by atoms with Gasteiger partial charge in [0.05, 0.1) is 24.4 Å². The minimum absolute atomic E-state index is 0.196. The number of hydrogen-bond acceptors (Lipinski definition) is 3. The van der Waals surface area contributed by atoms with E-state index in [0.29, 0.717) is 19.6 Å². The second-order valence-electron chi connectivity index (χ2n) is 6.11. The fourth-order valence-electron chi connectivity index (χ4n) is 2.36. The van der Waals surface area contributed by atoms with Gasteiger partial charge in [-0.25, -0.2) is 9.78 Å². The van der Waals surface area contributed by atoms with Crippen LogP contribution in [0.3, 0.4) is 0 Å². The Labute approximate surface area is 130 Å². The maximum atomic E-state index is 12.2. The molecule has 120 valence electrons. The lowest BCUT2D eigenvalue weighted by Crippen LogP contribution is -2.46. The van der Waals surface area contributed by atoms with Gasteiger partial charge in [-0.1, -0.05) is 6.07 Å². The molecule has 0 unspecified atom stereocenters. The van der Waals surface area contributed by atoms with Gasteiger partial charge in [0.15, 0.2) is 0 Å². The Morgan fingerprint density at radius 3 is 2.77 bits per heavy atom. The number of aromatic nitrogens is 2. The van der Waals surface area contributed by atoms with Crippen molar-refractivity contribution >= 4 is 11.7 Å². The standard InChI is InChI=1S/C16H24N4O2/c1-5-19(11-16(3,4)22)15(21)17-9-13-10-20-12(2)7-6-8-14(20)18-13/h6-8,10,22H,5,9,11H2,1-4H3,(H,17,21). The zero-order chi connectivity index (χ0) is 16.3. The molecule has 0 aliphatic rings. The molecule has 2 rings (SSSR count). The van der Waals surface area contributed by atoms with E-state index in [1.165, 1.54) is 0 Å².